The van der Waals surface area contributed by atoms with Crippen LogP contribution in [-0.2, 0) is 25.3 Å². The molecule has 0 saturated carbocycles. The summed E-state index contributed by atoms with van der Waals surface area (Å²) in [6.07, 6.45) is -1.16. The Morgan fingerprint density at radius 1 is 1.06 bits per heavy atom. The van der Waals surface area contributed by atoms with Gasteiger partial charge < -0.3 is 24.3 Å². The summed E-state index contributed by atoms with van der Waals surface area (Å²) in [5.41, 5.74) is 0.192. The standard InChI is InChI=1S/C25H43NO6Si/c1-18(32-33(8,9)25(5,6)7)20(16-27)21(15-22(28)31-24(2,3)4)26-23(29)30-17-19-13-11-10-12-14-19/h10-14,18,20-21,27H,15-17H2,1-9H3,(H,26,29)/t18-,20-,21-/m1/s1. The van der Waals surface area contributed by atoms with Crippen molar-refractivity contribution >= 4 is 20.4 Å². The normalized spacial score (nSPS) is 15.3. The monoisotopic (exact) mass is 481 g/mol. The van der Waals surface area contributed by atoms with Gasteiger partial charge in [0.25, 0.3) is 0 Å². The molecule has 0 heterocycles. The van der Waals surface area contributed by atoms with Crippen LogP contribution in [0.5, 0.6) is 0 Å². The summed E-state index contributed by atoms with van der Waals surface area (Å²) in [7, 11) is -2.14. The van der Waals surface area contributed by atoms with E-state index in [4.69, 9.17) is 13.9 Å². The van der Waals surface area contributed by atoms with Gasteiger partial charge in [-0.05, 0) is 51.4 Å². The van der Waals surface area contributed by atoms with Crippen LogP contribution in [0, 0.1) is 5.92 Å². The SMILES string of the molecule is C[C@@H](O[Si](C)(C)C(C)(C)C)[C@@H](CO)[C@@H](CC(=O)OC(C)(C)C)NC(=O)OCc1ccccc1. The average molecular weight is 482 g/mol. The first-order chi connectivity index (χ1) is 15.1. The van der Waals surface area contributed by atoms with E-state index in [9.17, 15) is 14.7 Å². The van der Waals surface area contributed by atoms with Crippen molar-refractivity contribution in [1.29, 1.82) is 0 Å². The Kier molecular flexibility index (Phi) is 10.6. The summed E-state index contributed by atoms with van der Waals surface area (Å²) >= 11 is 0. The van der Waals surface area contributed by atoms with Crippen molar-refractivity contribution in [3.63, 3.8) is 0 Å². The zero-order valence-corrected chi connectivity index (χ0v) is 22.7. The van der Waals surface area contributed by atoms with Crippen molar-refractivity contribution < 1.29 is 28.6 Å². The van der Waals surface area contributed by atoms with Gasteiger partial charge in [0.15, 0.2) is 8.32 Å². The maximum Gasteiger partial charge on any atom is 0.407 e. The molecule has 1 aromatic carbocycles. The average Bonchev–Trinajstić information content (AvgIpc) is 2.64. The van der Waals surface area contributed by atoms with E-state index in [1.54, 1.807) is 20.8 Å². The summed E-state index contributed by atoms with van der Waals surface area (Å²) in [6, 6.07) is 8.62. The summed E-state index contributed by atoms with van der Waals surface area (Å²) in [6.45, 7) is 17.7. The topological polar surface area (TPSA) is 94.1 Å². The van der Waals surface area contributed by atoms with E-state index in [2.05, 4.69) is 39.2 Å². The molecule has 0 unspecified atom stereocenters. The van der Waals surface area contributed by atoms with Crippen LogP contribution in [0.25, 0.3) is 0 Å². The predicted octanol–water partition coefficient (Wildman–Crippen LogP) is 5.03. The Balaban J connectivity index is 3.00. The smallest absolute Gasteiger partial charge is 0.407 e. The fourth-order valence-electron chi connectivity index (χ4n) is 3.12. The van der Waals surface area contributed by atoms with Gasteiger partial charge in [-0.1, -0.05) is 51.1 Å². The highest BCUT2D eigenvalue weighted by Gasteiger charge is 2.41. The van der Waals surface area contributed by atoms with Crippen molar-refractivity contribution in [2.75, 3.05) is 6.61 Å². The fourth-order valence-corrected chi connectivity index (χ4v) is 4.58. The lowest BCUT2D eigenvalue weighted by molar-refractivity contribution is -0.156. The molecule has 1 rings (SSSR count). The lowest BCUT2D eigenvalue weighted by atomic mass is 9.93. The number of nitrogens with one attached hydrogen (secondary N) is 1. The molecule has 0 radical (unpaired) electrons. The second kappa shape index (κ2) is 12.0. The third kappa shape index (κ3) is 10.3. The van der Waals surface area contributed by atoms with Gasteiger partial charge in [-0.25, -0.2) is 4.79 Å². The number of ether oxygens (including phenoxy) is 2. The number of benzene rings is 1. The number of carbonyl (C=O) groups excluding carboxylic acids is 2. The molecule has 0 fully saturated rings. The highest BCUT2D eigenvalue weighted by molar-refractivity contribution is 6.74. The van der Waals surface area contributed by atoms with Crippen LogP contribution in [0.1, 0.15) is 60.5 Å². The second-order valence-electron chi connectivity index (χ2n) is 11.0. The van der Waals surface area contributed by atoms with E-state index < -0.39 is 44.0 Å². The minimum atomic E-state index is -2.14. The fraction of sp³-hybridized carbons (Fsp3) is 0.680. The van der Waals surface area contributed by atoms with Gasteiger partial charge in [0.05, 0.1) is 19.1 Å². The van der Waals surface area contributed by atoms with Gasteiger partial charge in [-0.15, -0.1) is 0 Å². The molecule has 188 valence electrons. The molecule has 0 aliphatic rings. The third-order valence-corrected chi connectivity index (χ3v) is 10.5. The van der Waals surface area contributed by atoms with Crippen LogP contribution in [0.2, 0.25) is 18.1 Å². The molecule has 0 saturated heterocycles. The Morgan fingerprint density at radius 2 is 1.64 bits per heavy atom. The molecule has 0 aromatic heterocycles. The van der Waals surface area contributed by atoms with Crippen LogP contribution in [0.15, 0.2) is 30.3 Å². The molecule has 1 amide bonds. The molecule has 7 nitrogen and oxygen atoms in total. The first-order valence-electron chi connectivity index (χ1n) is 11.5. The van der Waals surface area contributed by atoms with Crippen LogP contribution in [0.4, 0.5) is 4.79 Å². The lowest BCUT2D eigenvalue weighted by Gasteiger charge is -2.41. The Labute approximate surface area is 200 Å². The Morgan fingerprint density at radius 3 is 2.12 bits per heavy atom. The molecule has 3 atom stereocenters. The van der Waals surface area contributed by atoms with Crippen LogP contribution in [-0.4, -0.2) is 49.8 Å². The molecule has 2 N–H and O–H groups in total. The van der Waals surface area contributed by atoms with E-state index in [0.717, 1.165) is 5.56 Å². The summed E-state index contributed by atoms with van der Waals surface area (Å²) in [5.74, 6) is -0.982. The third-order valence-electron chi connectivity index (χ3n) is 5.94. The minimum Gasteiger partial charge on any atom is -0.460 e. The molecule has 1 aromatic rings. The maximum absolute atomic E-state index is 12.6. The van der Waals surface area contributed by atoms with Crippen LogP contribution < -0.4 is 5.32 Å². The van der Waals surface area contributed by atoms with Crippen molar-refractivity contribution in [2.24, 2.45) is 5.92 Å². The number of esters is 1. The molecular formula is C25H43NO6Si. The Bertz CT molecular complexity index is 754. The van der Waals surface area contributed by atoms with Gasteiger partial charge in [0, 0.05) is 12.0 Å². The van der Waals surface area contributed by atoms with E-state index in [0.29, 0.717) is 0 Å². The molecule has 0 aliphatic carbocycles. The predicted molar refractivity (Wildman–Crippen MR) is 132 cm³/mol. The van der Waals surface area contributed by atoms with Gasteiger partial charge in [0.2, 0.25) is 0 Å². The number of amides is 1. The van der Waals surface area contributed by atoms with Crippen molar-refractivity contribution in [3.05, 3.63) is 35.9 Å². The molecule has 33 heavy (non-hydrogen) atoms. The van der Waals surface area contributed by atoms with E-state index in [-0.39, 0.29) is 24.7 Å². The van der Waals surface area contributed by atoms with Crippen molar-refractivity contribution in [2.45, 2.75) is 97.4 Å². The quantitative estimate of drug-likeness (QED) is 0.359. The number of aliphatic hydroxyl groups is 1. The van der Waals surface area contributed by atoms with E-state index in [1.807, 2.05) is 37.3 Å². The molecule has 8 heteroatoms. The summed E-state index contributed by atoms with van der Waals surface area (Å²) < 4.78 is 17.3. The lowest BCUT2D eigenvalue weighted by Crippen LogP contribution is -2.52. The number of aliphatic hydroxyl groups excluding tert-OH is 1. The number of hydrogen-bond donors (Lipinski definition) is 2. The number of carbonyl (C=O) groups is 2. The second-order valence-corrected chi connectivity index (χ2v) is 15.8. The highest BCUT2D eigenvalue weighted by atomic mass is 28.4. The molecular weight excluding hydrogens is 438 g/mol. The zero-order valence-electron chi connectivity index (χ0n) is 21.7. The van der Waals surface area contributed by atoms with Gasteiger partial charge >= 0.3 is 12.1 Å². The molecule has 0 aliphatic heterocycles. The summed E-state index contributed by atoms with van der Waals surface area (Å²) in [5, 5.41) is 13.0. The minimum absolute atomic E-state index is 0.0238. The van der Waals surface area contributed by atoms with E-state index in [1.165, 1.54) is 0 Å². The maximum atomic E-state index is 12.6. The van der Waals surface area contributed by atoms with Crippen molar-refractivity contribution in [1.82, 2.24) is 5.32 Å². The molecule has 0 spiro atoms. The Hall–Kier alpha value is -1.90. The van der Waals surface area contributed by atoms with Gasteiger partial charge in [-0.3, -0.25) is 4.79 Å². The highest BCUT2D eigenvalue weighted by Crippen LogP contribution is 2.38. The number of rotatable bonds is 10. The molecule has 0 bridgehead atoms. The first-order valence-corrected chi connectivity index (χ1v) is 14.4. The van der Waals surface area contributed by atoms with Crippen LogP contribution >= 0.6 is 0 Å². The largest absolute Gasteiger partial charge is 0.460 e. The van der Waals surface area contributed by atoms with Gasteiger partial charge in [0.1, 0.15) is 12.2 Å². The number of alkyl carbamates (subject to hydrolysis) is 1. The van der Waals surface area contributed by atoms with Crippen molar-refractivity contribution in [3.8, 4) is 0 Å². The summed E-state index contributed by atoms with van der Waals surface area (Å²) in [4.78, 5) is 25.2. The number of hydrogen-bond acceptors (Lipinski definition) is 6. The van der Waals surface area contributed by atoms with E-state index >= 15 is 0 Å². The van der Waals surface area contributed by atoms with Gasteiger partial charge in [-0.2, -0.15) is 0 Å². The zero-order chi connectivity index (χ0) is 25.4. The first kappa shape index (κ1) is 29.1. The van der Waals surface area contributed by atoms with Crippen LogP contribution in [0.3, 0.4) is 0 Å².